The van der Waals surface area contributed by atoms with E-state index in [9.17, 15) is 13.2 Å². The van der Waals surface area contributed by atoms with E-state index in [2.05, 4.69) is 11.1 Å². The molecular formula is C7H5F3N. The summed E-state index contributed by atoms with van der Waals surface area (Å²) < 4.78 is 35.7. The second-order valence-corrected chi connectivity index (χ2v) is 2.09. The summed E-state index contributed by atoms with van der Waals surface area (Å²) in [6.45, 7) is 1.49. The van der Waals surface area contributed by atoms with Crippen LogP contribution in [0, 0.1) is 13.0 Å². The fraction of sp³-hybridized carbons (Fsp3) is 0.286. The molecule has 1 aromatic rings. The molecule has 0 aliphatic heterocycles. The summed E-state index contributed by atoms with van der Waals surface area (Å²) in [6.07, 6.45) is -4.36. The molecule has 0 aliphatic carbocycles. The van der Waals surface area contributed by atoms with Gasteiger partial charge in [0.05, 0.1) is 0 Å². The van der Waals surface area contributed by atoms with Crippen molar-refractivity contribution in [3.05, 3.63) is 29.6 Å². The molecule has 0 saturated heterocycles. The van der Waals surface area contributed by atoms with Gasteiger partial charge in [0.15, 0.2) is 0 Å². The van der Waals surface area contributed by atoms with E-state index in [1.54, 1.807) is 0 Å². The highest BCUT2D eigenvalue weighted by molar-refractivity contribution is 5.10. The Bertz CT molecular complexity index is 254. The normalized spacial score (nSPS) is 11.6. The zero-order valence-corrected chi connectivity index (χ0v) is 5.74. The van der Waals surface area contributed by atoms with E-state index in [1.807, 2.05) is 0 Å². The minimum absolute atomic E-state index is 0.319. The van der Waals surface area contributed by atoms with Crippen molar-refractivity contribution in [2.45, 2.75) is 13.1 Å². The van der Waals surface area contributed by atoms with Gasteiger partial charge in [0.2, 0.25) is 0 Å². The molecule has 0 saturated carbocycles. The maximum absolute atomic E-state index is 11.9. The first kappa shape index (κ1) is 8.04. The topological polar surface area (TPSA) is 12.9 Å². The second kappa shape index (κ2) is 2.53. The molecule has 0 N–H and O–H groups in total. The van der Waals surface area contributed by atoms with Crippen LogP contribution in [0.5, 0.6) is 0 Å². The highest BCUT2D eigenvalue weighted by Crippen LogP contribution is 2.26. The molecule has 11 heavy (non-hydrogen) atoms. The minimum atomic E-state index is -4.36. The van der Waals surface area contributed by atoms with Crippen molar-refractivity contribution < 1.29 is 13.2 Å². The Morgan fingerprint density at radius 1 is 1.36 bits per heavy atom. The monoisotopic (exact) mass is 160 g/mol. The SMILES string of the molecule is Cc1c[c]cc(C(F)(F)F)n1. The minimum Gasteiger partial charge on any atom is -0.249 e. The molecule has 1 aromatic heterocycles. The summed E-state index contributed by atoms with van der Waals surface area (Å²) in [7, 11) is 0. The van der Waals surface area contributed by atoms with Crippen LogP contribution in [-0.4, -0.2) is 4.98 Å². The zero-order chi connectivity index (χ0) is 8.48. The van der Waals surface area contributed by atoms with E-state index in [0.29, 0.717) is 5.69 Å². The molecule has 0 aliphatic rings. The lowest BCUT2D eigenvalue weighted by Crippen LogP contribution is -2.07. The molecular weight excluding hydrogens is 155 g/mol. The second-order valence-electron chi connectivity index (χ2n) is 2.09. The first-order chi connectivity index (χ1) is 5.00. The Labute approximate surface area is 61.9 Å². The van der Waals surface area contributed by atoms with E-state index in [4.69, 9.17) is 0 Å². The third-order valence-corrected chi connectivity index (χ3v) is 1.10. The van der Waals surface area contributed by atoms with Gasteiger partial charge in [-0.25, -0.2) is 4.98 Å². The van der Waals surface area contributed by atoms with Crippen LogP contribution in [-0.2, 0) is 6.18 Å². The van der Waals surface area contributed by atoms with Gasteiger partial charge >= 0.3 is 6.18 Å². The molecule has 0 atom stereocenters. The molecule has 0 fully saturated rings. The number of hydrogen-bond acceptors (Lipinski definition) is 1. The summed E-state index contributed by atoms with van der Waals surface area (Å²) in [5, 5.41) is 0. The Balaban J connectivity index is 3.06. The van der Waals surface area contributed by atoms with E-state index in [-0.39, 0.29) is 0 Å². The lowest BCUT2D eigenvalue weighted by molar-refractivity contribution is -0.141. The van der Waals surface area contributed by atoms with Crippen molar-refractivity contribution in [3.8, 4) is 0 Å². The molecule has 1 nitrogen and oxygen atoms in total. The summed E-state index contributed by atoms with van der Waals surface area (Å²) in [6, 6.07) is 4.58. The molecule has 4 heteroatoms. The van der Waals surface area contributed by atoms with Gasteiger partial charge in [0, 0.05) is 5.69 Å². The first-order valence-corrected chi connectivity index (χ1v) is 2.92. The van der Waals surface area contributed by atoms with Crippen LogP contribution < -0.4 is 0 Å². The van der Waals surface area contributed by atoms with Gasteiger partial charge < -0.3 is 0 Å². The van der Waals surface area contributed by atoms with Crippen molar-refractivity contribution in [2.24, 2.45) is 0 Å². The van der Waals surface area contributed by atoms with Crippen LogP contribution in [0.4, 0.5) is 13.2 Å². The standard InChI is InChI=1S/C7H5F3N/c1-5-3-2-4-6(11-5)7(8,9)10/h3-4H,1H3. The lowest BCUT2D eigenvalue weighted by atomic mass is 10.3. The highest BCUT2D eigenvalue weighted by atomic mass is 19.4. The number of nitrogens with zero attached hydrogens (tertiary/aromatic N) is 1. The number of rotatable bonds is 0. The van der Waals surface area contributed by atoms with Gasteiger partial charge in [-0.2, -0.15) is 13.2 Å². The number of aryl methyl sites for hydroxylation is 1. The van der Waals surface area contributed by atoms with E-state index >= 15 is 0 Å². The number of halogens is 3. The maximum Gasteiger partial charge on any atom is 0.433 e. The molecule has 0 amide bonds. The van der Waals surface area contributed by atoms with Gasteiger partial charge in [-0.3, -0.25) is 0 Å². The van der Waals surface area contributed by atoms with Crippen LogP contribution in [0.25, 0.3) is 0 Å². The van der Waals surface area contributed by atoms with Crippen LogP contribution in [0.1, 0.15) is 11.4 Å². The molecule has 1 rings (SSSR count). The van der Waals surface area contributed by atoms with Gasteiger partial charge in [0.25, 0.3) is 0 Å². The number of aromatic nitrogens is 1. The lowest BCUT2D eigenvalue weighted by Gasteiger charge is -2.04. The van der Waals surface area contributed by atoms with Gasteiger partial charge in [0.1, 0.15) is 5.69 Å². The molecule has 0 unspecified atom stereocenters. The predicted octanol–water partition coefficient (Wildman–Crippen LogP) is 2.21. The third kappa shape index (κ3) is 1.93. The van der Waals surface area contributed by atoms with E-state index < -0.39 is 11.9 Å². The fourth-order valence-electron chi connectivity index (χ4n) is 0.641. The van der Waals surface area contributed by atoms with Crippen molar-refractivity contribution in [1.29, 1.82) is 0 Å². The highest BCUT2D eigenvalue weighted by Gasteiger charge is 2.32. The third-order valence-electron chi connectivity index (χ3n) is 1.10. The Kier molecular flexibility index (Phi) is 1.85. The molecule has 1 heterocycles. The number of hydrogen-bond donors (Lipinski definition) is 0. The van der Waals surface area contributed by atoms with Crippen molar-refractivity contribution in [3.63, 3.8) is 0 Å². The summed E-state index contributed by atoms with van der Waals surface area (Å²) in [5.74, 6) is 0. The average molecular weight is 160 g/mol. The van der Waals surface area contributed by atoms with Gasteiger partial charge in [-0.05, 0) is 25.1 Å². The molecule has 0 aromatic carbocycles. The van der Waals surface area contributed by atoms with Crippen LogP contribution in [0.15, 0.2) is 12.1 Å². The Hall–Kier alpha value is -1.06. The molecule has 1 radical (unpaired) electrons. The average Bonchev–Trinajstić information content (AvgIpc) is 1.86. The summed E-state index contributed by atoms with van der Waals surface area (Å²) >= 11 is 0. The number of alkyl halides is 3. The first-order valence-electron chi connectivity index (χ1n) is 2.92. The quantitative estimate of drug-likeness (QED) is 0.567. The van der Waals surface area contributed by atoms with Crippen LogP contribution in [0.3, 0.4) is 0 Å². The molecule has 0 bridgehead atoms. The largest absolute Gasteiger partial charge is 0.433 e. The van der Waals surface area contributed by atoms with Crippen molar-refractivity contribution in [1.82, 2.24) is 4.98 Å². The van der Waals surface area contributed by atoms with Gasteiger partial charge in [-0.1, -0.05) is 0 Å². The summed E-state index contributed by atoms with van der Waals surface area (Å²) in [4.78, 5) is 3.29. The van der Waals surface area contributed by atoms with Crippen LogP contribution >= 0.6 is 0 Å². The molecule has 0 spiro atoms. The van der Waals surface area contributed by atoms with E-state index in [1.165, 1.54) is 13.0 Å². The molecule has 59 valence electrons. The van der Waals surface area contributed by atoms with Gasteiger partial charge in [-0.15, -0.1) is 0 Å². The maximum atomic E-state index is 11.9. The van der Waals surface area contributed by atoms with Crippen LogP contribution in [0.2, 0.25) is 0 Å². The predicted molar refractivity (Wildman–Crippen MR) is 32.8 cm³/mol. The zero-order valence-electron chi connectivity index (χ0n) is 5.74. The fourth-order valence-corrected chi connectivity index (χ4v) is 0.641. The summed E-state index contributed by atoms with van der Waals surface area (Å²) in [5.41, 5.74) is -0.572. The Morgan fingerprint density at radius 2 is 2.00 bits per heavy atom. The van der Waals surface area contributed by atoms with E-state index in [0.717, 1.165) is 6.07 Å². The smallest absolute Gasteiger partial charge is 0.249 e. The Morgan fingerprint density at radius 3 is 2.36 bits per heavy atom. The van der Waals surface area contributed by atoms with Crippen molar-refractivity contribution in [2.75, 3.05) is 0 Å². The van der Waals surface area contributed by atoms with Crippen molar-refractivity contribution >= 4 is 0 Å². The number of pyridine rings is 1.